The lowest BCUT2D eigenvalue weighted by Crippen LogP contribution is -2.49. The first-order valence-corrected chi connectivity index (χ1v) is 10.9. The highest BCUT2D eigenvalue weighted by atomic mass is 127. The van der Waals surface area contributed by atoms with Gasteiger partial charge in [0.2, 0.25) is 0 Å². The highest BCUT2D eigenvalue weighted by Crippen LogP contribution is 2.23. The quantitative estimate of drug-likeness (QED) is 0.290. The number of halogens is 1. The molecule has 2 rings (SSSR count). The van der Waals surface area contributed by atoms with Gasteiger partial charge < -0.3 is 15.4 Å². The fourth-order valence-corrected chi connectivity index (χ4v) is 3.92. The Labute approximate surface area is 195 Å². The van der Waals surface area contributed by atoms with Gasteiger partial charge in [-0.05, 0) is 44.6 Å². The zero-order chi connectivity index (χ0) is 20.4. The molecule has 1 saturated heterocycles. The van der Waals surface area contributed by atoms with E-state index >= 15 is 0 Å². The molecule has 29 heavy (non-hydrogen) atoms. The normalized spacial score (nSPS) is 18.2. The van der Waals surface area contributed by atoms with Crippen LogP contribution in [0.1, 0.15) is 58.6 Å². The van der Waals surface area contributed by atoms with E-state index in [2.05, 4.69) is 78.6 Å². The van der Waals surface area contributed by atoms with Crippen molar-refractivity contribution >= 4 is 29.9 Å². The second-order valence-electron chi connectivity index (χ2n) is 8.07. The average molecular weight is 517 g/mol. The number of nitrogens with zero attached hydrogens (tertiary/aromatic N) is 2. The summed E-state index contributed by atoms with van der Waals surface area (Å²) in [5.41, 5.74) is 1.40. The Hall–Kier alpha value is -0.860. The van der Waals surface area contributed by atoms with Crippen LogP contribution in [0.5, 0.6) is 0 Å². The standard InChI is InChI=1S/C23H40N4O.HI/c1-6-28-22(18(2)3)12-15-25-23(24-5)26-21-13-16-27(17-14-21)19(4)20-10-8-7-9-11-20;/h7-11,18-19,21-22H,6,12-17H2,1-5H3,(H2,24,25,26);1H. The van der Waals surface area contributed by atoms with Crippen LogP contribution in [0.3, 0.4) is 0 Å². The topological polar surface area (TPSA) is 48.9 Å². The van der Waals surface area contributed by atoms with Gasteiger partial charge in [-0.25, -0.2) is 0 Å². The summed E-state index contributed by atoms with van der Waals surface area (Å²) in [6, 6.07) is 11.8. The van der Waals surface area contributed by atoms with Crippen molar-refractivity contribution in [2.45, 2.75) is 65.1 Å². The second kappa shape index (κ2) is 14.2. The molecule has 1 fully saturated rings. The number of benzene rings is 1. The Morgan fingerprint density at radius 1 is 1.17 bits per heavy atom. The Balaban J connectivity index is 0.00000420. The number of guanidine groups is 1. The van der Waals surface area contributed by atoms with Crippen molar-refractivity contribution in [1.29, 1.82) is 0 Å². The van der Waals surface area contributed by atoms with Crippen LogP contribution in [0, 0.1) is 5.92 Å². The van der Waals surface area contributed by atoms with Crippen LogP contribution in [0.25, 0.3) is 0 Å². The Kier molecular flexibility index (Phi) is 12.8. The molecule has 0 amide bonds. The highest BCUT2D eigenvalue weighted by Gasteiger charge is 2.24. The number of aliphatic imine (C=N–C) groups is 1. The number of nitrogens with one attached hydrogen (secondary N) is 2. The van der Waals surface area contributed by atoms with Gasteiger partial charge in [0.15, 0.2) is 5.96 Å². The van der Waals surface area contributed by atoms with Crippen LogP contribution >= 0.6 is 24.0 Å². The highest BCUT2D eigenvalue weighted by molar-refractivity contribution is 14.0. The zero-order valence-electron chi connectivity index (χ0n) is 18.9. The smallest absolute Gasteiger partial charge is 0.191 e. The van der Waals surface area contributed by atoms with Crippen molar-refractivity contribution in [2.75, 3.05) is 33.3 Å². The minimum atomic E-state index is 0. The molecular formula is C23H41IN4O. The predicted molar refractivity (Wildman–Crippen MR) is 134 cm³/mol. The van der Waals surface area contributed by atoms with Gasteiger partial charge >= 0.3 is 0 Å². The minimum Gasteiger partial charge on any atom is -0.378 e. The second-order valence-corrected chi connectivity index (χ2v) is 8.07. The van der Waals surface area contributed by atoms with E-state index in [1.165, 1.54) is 5.56 Å². The summed E-state index contributed by atoms with van der Waals surface area (Å²) in [5.74, 6) is 1.45. The molecule has 2 unspecified atom stereocenters. The lowest BCUT2D eigenvalue weighted by atomic mass is 10.0. The molecule has 0 spiro atoms. The number of likely N-dealkylation sites (tertiary alicyclic amines) is 1. The number of piperidine rings is 1. The van der Waals surface area contributed by atoms with Crippen molar-refractivity contribution in [1.82, 2.24) is 15.5 Å². The van der Waals surface area contributed by atoms with E-state index < -0.39 is 0 Å². The first-order valence-electron chi connectivity index (χ1n) is 10.9. The van der Waals surface area contributed by atoms with Crippen molar-refractivity contribution in [3.05, 3.63) is 35.9 Å². The molecule has 6 heteroatoms. The van der Waals surface area contributed by atoms with Crippen molar-refractivity contribution in [2.24, 2.45) is 10.9 Å². The van der Waals surface area contributed by atoms with E-state index in [0.717, 1.165) is 51.5 Å². The van der Waals surface area contributed by atoms with Gasteiger partial charge in [-0.15, -0.1) is 24.0 Å². The molecule has 166 valence electrons. The monoisotopic (exact) mass is 516 g/mol. The lowest BCUT2D eigenvalue weighted by Gasteiger charge is -2.37. The Morgan fingerprint density at radius 2 is 1.83 bits per heavy atom. The molecule has 1 aromatic carbocycles. The van der Waals surface area contributed by atoms with Crippen LogP contribution < -0.4 is 10.6 Å². The van der Waals surface area contributed by atoms with Crippen LogP contribution in [-0.4, -0.2) is 56.3 Å². The maximum absolute atomic E-state index is 5.83. The first-order chi connectivity index (χ1) is 13.5. The van der Waals surface area contributed by atoms with E-state index in [9.17, 15) is 0 Å². The fourth-order valence-electron chi connectivity index (χ4n) is 3.92. The van der Waals surface area contributed by atoms with Crippen molar-refractivity contribution in [3.63, 3.8) is 0 Å². The number of hydrogen-bond donors (Lipinski definition) is 2. The molecule has 0 aliphatic carbocycles. The first kappa shape index (κ1) is 26.2. The van der Waals surface area contributed by atoms with Crippen LogP contribution in [0.4, 0.5) is 0 Å². The summed E-state index contributed by atoms with van der Waals surface area (Å²) in [4.78, 5) is 6.99. The van der Waals surface area contributed by atoms with Gasteiger partial charge in [0.25, 0.3) is 0 Å². The summed E-state index contributed by atoms with van der Waals surface area (Å²) in [6.45, 7) is 12.7. The molecule has 1 heterocycles. The van der Waals surface area contributed by atoms with Crippen LogP contribution in [0.15, 0.2) is 35.3 Å². The number of ether oxygens (including phenoxy) is 1. The molecule has 0 aromatic heterocycles. The zero-order valence-corrected chi connectivity index (χ0v) is 21.2. The van der Waals surface area contributed by atoms with Gasteiger partial charge in [0.05, 0.1) is 6.10 Å². The number of hydrogen-bond acceptors (Lipinski definition) is 3. The average Bonchev–Trinajstić information content (AvgIpc) is 2.72. The molecule has 1 aromatic rings. The number of rotatable bonds is 9. The summed E-state index contributed by atoms with van der Waals surface area (Å²) < 4.78 is 5.83. The van der Waals surface area contributed by atoms with Gasteiger partial charge in [0.1, 0.15) is 0 Å². The maximum atomic E-state index is 5.83. The molecule has 1 aliphatic rings. The van der Waals surface area contributed by atoms with Gasteiger partial charge in [-0.2, -0.15) is 0 Å². The van der Waals surface area contributed by atoms with Gasteiger partial charge in [-0.1, -0.05) is 44.2 Å². The van der Waals surface area contributed by atoms with Crippen molar-refractivity contribution in [3.8, 4) is 0 Å². The molecule has 0 radical (unpaired) electrons. The predicted octanol–water partition coefficient (Wildman–Crippen LogP) is 4.45. The maximum Gasteiger partial charge on any atom is 0.191 e. The molecular weight excluding hydrogens is 475 g/mol. The van der Waals surface area contributed by atoms with E-state index in [1.54, 1.807) is 0 Å². The van der Waals surface area contributed by atoms with Crippen LogP contribution in [0.2, 0.25) is 0 Å². The molecule has 0 saturated carbocycles. The summed E-state index contributed by atoms with van der Waals surface area (Å²) in [6.07, 6.45) is 3.59. The van der Waals surface area contributed by atoms with Gasteiger partial charge in [-0.3, -0.25) is 9.89 Å². The summed E-state index contributed by atoms with van der Waals surface area (Å²) in [7, 11) is 1.85. The SMILES string of the molecule is CCOC(CCNC(=NC)NC1CCN(C(C)c2ccccc2)CC1)C(C)C.I. The summed E-state index contributed by atoms with van der Waals surface area (Å²) in [5, 5.41) is 7.08. The molecule has 0 bridgehead atoms. The minimum absolute atomic E-state index is 0. The third-order valence-electron chi connectivity index (χ3n) is 5.77. The summed E-state index contributed by atoms with van der Waals surface area (Å²) >= 11 is 0. The van der Waals surface area contributed by atoms with Crippen molar-refractivity contribution < 1.29 is 4.74 Å². The Bertz CT molecular complexity index is 574. The fraction of sp³-hybridized carbons (Fsp3) is 0.696. The van der Waals surface area contributed by atoms with E-state index in [-0.39, 0.29) is 24.0 Å². The lowest BCUT2D eigenvalue weighted by molar-refractivity contribution is 0.0258. The van der Waals surface area contributed by atoms with E-state index in [0.29, 0.717) is 24.1 Å². The molecule has 2 atom stereocenters. The van der Waals surface area contributed by atoms with Gasteiger partial charge in [0, 0.05) is 45.4 Å². The Morgan fingerprint density at radius 3 is 2.38 bits per heavy atom. The van der Waals surface area contributed by atoms with E-state index in [4.69, 9.17) is 4.74 Å². The largest absolute Gasteiger partial charge is 0.378 e. The van der Waals surface area contributed by atoms with Crippen LogP contribution in [-0.2, 0) is 4.74 Å². The van der Waals surface area contributed by atoms with E-state index in [1.807, 2.05) is 7.05 Å². The molecule has 5 nitrogen and oxygen atoms in total. The third kappa shape index (κ3) is 8.80. The molecule has 2 N–H and O–H groups in total. The molecule has 1 aliphatic heterocycles. The third-order valence-corrected chi connectivity index (χ3v) is 5.77.